The summed E-state index contributed by atoms with van der Waals surface area (Å²) in [5.41, 5.74) is 8.24. The predicted octanol–water partition coefficient (Wildman–Crippen LogP) is 3.17. The number of fused-ring (bicyclic) bond motifs is 2. The second kappa shape index (κ2) is 4.77. The maximum atomic E-state index is 5.87. The molecule has 0 radical (unpaired) electrons. The van der Waals surface area contributed by atoms with Gasteiger partial charge in [-0.1, -0.05) is 6.42 Å². The lowest BCUT2D eigenvalue weighted by Gasteiger charge is -2.36. The number of nitrogens with two attached hydrogens (primary N) is 1. The molecule has 20 heavy (non-hydrogen) atoms. The van der Waals surface area contributed by atoms with Crippen LogP contribution in [0.25, 0.3) is 11.1 Å². The number of likely N-dealkylation sites (tertiary alicyclic amines) is 1. The Morgan fingerprint density at radius 1 is 1.25 bits per heavy atom. The van der Waals surface area contributed by atoms with Gasteiger partial charge in [-0.25, -0.2) is 4.98 Å². The second-order valence-corrected chi connectivity index (χ2v) is 6.21. The third-order valence-electron chi connectivity index (χ3n) is 4.90. The van der Waals surface area contributed by atoms with Gasteiger partial charge in [-0.3, -0.25) is 4.90 Å². The van der Waals surface area contributed by atoms with Crippen molar-refractivity contribution < 1.29 is 4.42 Å². The molecule has 0 amide bonds. The zero-order valence-electron chi connectivity index (χ0n) is 11.7. The van der Waals surface area contributed by atoms with Gasteiger partial charge in [-0.15, -0.1) is 0 Å². The Hall–Kier alpha value is -1.55. The van der Waals surface area contributed by atoms with Gasteiger partial charge in [0.05, 0.1) is 6.54 Å². The molecule has 1 aliphatic carbocycles. The van der Waals surface area contributed by atoms with Crippen LogP contribution in [0, 0.1) is 5.92 Å². The number of nitrogen functional groups attached to an aromatic ring is 1. The molecule has 0 bridgehead atoms. The molecule has 1 saturated carbocycles. The van der Waals surface area contributed by atoms with E-state index in [9.17, 15) is 0 Å². The number of aromatic nitrogens is 1. The summed E-state index contributed by atoms with van der Waals surface area (Å²) in [6.07, 6.45) is 6.86. The highest BCUT2D eigenvalue weighted by atomic mass is 16.3. The van der Waals surface area contributed by atoms with E-state index in [1.165, 1.54) is 38.6 Å². The smallest absolute Gasteiger partial charge is 0.209 e. The molecule has 0 spiro atoms. The van der Waals surface area contributed by atoms with Crippen LogP contribution in [-0.2, 0) is 6.54 Å². The molecule has 2 unspecified atom stereocenters. The lowest BCUT2D eigenvalue weighted by Crippen LogP contribution is -2.41. The minimum absolute atomic E-state index is 0.731. The van der Waals surface area contributed by atoms with Crippen LogP contribution >= 0.6 is 0 Å². The predicted molar refractivity (Wildman–Crippen MR) is 79.2 cm³/mol. The summed E-state index contributed by atoms with van der Waals surface area (Å²) in [7, 11) is 0. The van der Waals surface area contributed by atoms with E-state index in [0.29, 0.717) is 0 Å². The summed E-state index contributed by atoms with van der Waals surface area (Å²) in [6.45, 7) is 2.03. The lowest BCUT2D eigenvalue weighted by atomic mass is 9.92. The van der Waals surface area contributed by atoms with E-state index in [4.69, 9.17) is 10.2 Å². The molecule has 2 N–H and O–H groups in total. The summed E-state index contributed by atoms with van der Waals surface area (Å²) in [5.74, 6) is 1.74. The topological polar surface area (TPSA) is 55.3 Å². The van der Waals surface area contributed by atoms with Crippen molar-refractivity contribution in [2.24, 2.45) is 5.92 Å². The summed E-state index contributed by atoms with van der Waals surface area (Å²) >= 11 is 0. The van der Waals surface area contributed by atoms with Crippen LogP contribution in [0.2, 0.25) is 0 Å². The third kappa shape index (κ3) is 2.08. The average Bonchev–Trinajstić information content (AvgIpc) is 3.04. The molecular formula is C16H21N3O. The Morgan fingerprint density at radius 3 is 3.10 bits per heavy atom. The van der Waals surface area contributed by atoms with Gasteiger partial charge in [0.15, 0.2) is 5.58 Å². The highest BCUT2D eigenvalue weighted by Crippen LogP contribution is 2.37. The lowest BCUT2D eigenvalue weighted by molar-refractivity contribution is 0.0967. The van der Waals surface area contributed by atoms with E-state index >= 15 is 0 Å². The van der Waals surface area contributed by atoms with Gasteiger partial charge in [-0.2, -0.15) is 0 Å². The van der Waals surface area contributed by atoms with Crippen molar-refractivity contribution >= 4 is 16.8 Å². The summed E-state index contributed by atoms with van der Waals surface area (Å²) in [5, 5.41) is 0. The first-order valence-corrected chi connectivity index (χ1v) is 7.68. The SMILES string of the molecule is Nc1ccc2nc(CN3CCCC4CCCC43)oc2c1. The molecule has 1 aliphatic heterocycles. The number of benzene rings is 1. The number of anilines is 1. The Morgan fingerprint density at radius 2 is 2.15 bits per heavy atom. The Kier molecular flexibility index (Phi) is 2.91. The molecule has 106 valence electrons. The molecule has 1 saturated heterocycles. The number of hydrogen-bond acceptors (Lipinski definition) is 4. The zero-order valence-corrected chi connectivity index (χ0v) is 11.7. The molecule has 2 heterocycles. The van der Waals surface area contributed by atoms with Gasteiger partial charge in [0, 0.05) is 17.8 Å². The molecule has 4 rings (SSSR count). The van der Waals surface area contributed by atoms with Gasteiger partial charge in [0.25, 0.3) is 0 Å². The minimum Gasteiger partial charge on any atom is -0.439 e. The number of oxazole rings is 1. The van der Waals surface area contributed by atoms with Gasteiger partial charge < -0.3 is 10.2 Å². The molecule has 1 aromatic heterocycles. The van der Waals surface area contributed by atoms with Crippen LogP contribution in [0.1, 0.15) is 38.0 Å². The average molecular weight is 271 g/mol. The van der Waals surface area contributed by atoms with Gasteiger partial charge >= 0.3 is 0 Å². The van der Waals surface area contributed by atoms with Crippen molar-refractivity contribution in [1.29, 1.82) is 0 Å². The van der Waals surface area contributed by atoms with Crippen molar-refractivity contribution in [3.8, 4) is 0 Å². The molecule has 2 aromatic rings. The molecule has 2 fully saturated rings. The number of piperidine rings is 1. The first kappa shape index (κ1) is 12.2. The second-order valence-electron chi connectivity index (χ2n) is 6.21. The van der Waals surface area contributed by atoms with E-state index in [2.05, 4.69) is 9.88 Å². The molecule has 4 heteroatoms. The molecular weight excluding hydrogens is 250 g/mol. The van der Waals surface area contributed by atoms with Crippen LogP contribution in [0.5, 0.6) is 0 Å². The number of hydrogen-bond donors (Lipinski definition) is 1. The van der Waals surface area contributed by atoms with Gasteiger partial charge in [0.2, 0.25) is 5.89 Å². The minimum atomic E-state index is 0.731. The van der Waals surface area contributed by atoms with Crippen molar-refractivity contribution in [2.45, 2.75) is 44.7 Å². The first-order chi connectivity index (χ1) is 9.79. The zero-order chi connectivity index (χ0) is 13.5. The third-order valence-corrected chi connectivity index (χ3v) is 4.90. The fourth-order valence-electron chi connectivity index (χ4n) is 3.98. The van der Waals surface area contributed by atoms with E-state index in [1.807, 2.05) is 18.2 Å². The summed E-state index contributed by atoms with van der Waals surface area (Å²) < 4.78 is 5.87. The van der Waals surface area contributed by atoms with E-state index in [0.717, 1.165) is 41.2 Å². The number of rotatable bonds is 2. The van der Waals surface area contributed by atoms with Crippen molar-refractivity contribution in [3.05, 3.63) is 24.1 Å². The highest BCUT2D eigenvalue weighted by molar-refractivity contribution is 5.76. The van der Waals surface area contributed by atoms with E-state index in [1.54, 1.807) is 0 Å². The fourth-order valence-corrected chi connectivity index (χ4v) is 3.98. The van der Waals surface area contributed by atoms with Crippen LogP contribution in [-0.4, -0.2) is 22.5 Å². The highest BCUT2D eigenvalue weighted by Gasteiger charge is 2.35. The van der Waals surface area contributed by atoms with Crippen LogP contribution in [0.15, 0.2) is 22.6 Å². The Bertz CT molecular complexity index is 621. The standard InChI is InChI=1S/C16H21N3O/c17-12-6-7-13-15(9-12)20-16(18-13)10-19-8-2-4-11-3-1-5-14(11)19/h6-7,9,11,14H,1-5,8,10,17H2. The molecule has 4 nitrogen and oxygen atoms in total. The van der Waals surface area contributed by atoms with Crippen molar-refractivity contribution in [3.63, 3.8) is 0 Å². The maximum absolute atomic E-state index is 5.87. The Labute approximate surface area is 118 Å². The van der Waals surface area contributed by atoms with Crippen molar-refractivity contribution in [1.82, 2.24) is 9.88 Å². The largest absolute Gasteiger partial charge is 0.439 e. The normalized spacial score (nSPS) is 27.0. The fraction of sp³-hybridized carbons (Fsp3) is 0.562. The van der Waals surface area contributed by atoms with Crippen LogP contribution < -0.4 is 5.73 Å². The molecule has 2 atom stereocenters. The van der Waals surface area contributed by atoms with Crippen molar-refractivity contribution in [2.75, 3.05) is 12.3 Å². The molecule has 1 aromatic carbocycles. The van der Waals surface area contributed by atoms with Gasteiger partial charge in [0.1, 0.15) is 5.52 Å². The number of nitrogens with zero attached hydrogens (tertiary/aromatic N) is 2. The maximum Gasteiger partial charge on any atom is 0.209 e. The Balaban J connectivity index is 1.57. The first-order valence-electron chi connectivity index (χ1n) is 7.68. The van der Waals surface area contributed by atoms with E-state index < -0.39 is 0 Å². The summed E-state index contributed by atoms with van der Waals surface area (Å²) in [6, 6.07) is 6.43. The molecule has 2 aliphatic rings. The summed E-state index contributed by atoms with van der Waals surface area (Å²) in [4.78, 5) is 7.18. The van der Waals surface area contributed by atoms with Crippen LogP contribution in [0.3, 0.4) is 0 Å². The monoisotopic (exact) mass is 271 g/mol. The van der Waals surface area contributed by atoms with Gasteiger partial charge in [-0.05, 0) is 50.3 Å². The quantitative estimate of drug-likeness (QED) is 0.852. The van der Waals surface area contributed by atoms with E-state index in [-0.39, 0.29) is 0 Å². The van der Waals surface area contributed by atoms with Crippen LogP contribution in [0.4, 0.5) is 5.69 Å².